The van der Waals surface area contributed by atoms with Crippen LogP contribution in [0.4, 0.5) is 5.69 Å². The van der Waals surface area contributed by atoms with Crippen molar-refractivity contribution in [2.45, 2.75) is 0 Å². The third-order valence-electron chi connectivity index (χ3n) is 2.54. The van der Waals surface area contributed by atoms with Crippen molar-refractivity contribution in [3.8, 4) is 11.5 Å². The quantitative estimate of drug-likeness (QED) is 0.830. The van der Waals surface area contributed by atoms with Crippen LogP contribution in [0.2, 0.25) is 0 Å². The maximum Gasteiger partial charge on any atom is 0.275 e. The minimum atomic E-state index is -0.421. The van der Waals surface area contributed by atoms with Crippen LogP contribution in [0.15, 0.2) is 35.4 Å². The van der Waals surface area contributed by atoms with Gasteiger partial charge in [-0.15, -0.1) is 0 Å². The van der Waals surface area contributed by atoms with E-state index in [4.69, 9.17) is 9.47 Å². The zero-order valence-electron chi connectivity index (χ0n) is 9.67. The number of rotatable bonds is 2. The molecule has 96 valence electrons. The molecular formula is C12H9N3O4. The van der Waals surface area contributed by atoms with Gasteiger partial charge in [0.05, 0.1) is 6.20 Å². The first kappa shape index (κ1) is 11.3. The Morgan fingerprint density at radius 2 is 2.16 bits per heavy atom. The molecule has 0 radical (unpaired) electrons. The summed E-state index contributed by atoms with van der Waals surface area (Å²) in [5, 5.41) is 2.65. The van der Waals surface area contributed by atoms with Crippen molar-refractivity contribution in [3.05, 3.63) is 46.6 Å². The topological polar surface area (TPSA) is 93.3 Å². The Hall–Kier alpha value is -2.83. The van der Waals surface area contributed by atoms with E-state index in [-0.39, 0.29) is 18.0 Å². The van der Waals surface area contributed by atoms with Crippen molar-refractivity contribution in [1.29, 1.82) is 0 Å². The molecule has 3 rings (SSSR count). The first-order valence-electron chi connectivity index (χ1n) is 5.48. The molecule has 1 aliphatic heterocycles. The maximum absolute atomic E-state index is 11.9. The van der Waals surface area contributed by atoms with Crippen LogP contribution in [-0.4, -0.2) is 22.7 Å². The zero-order chi connectivity index (χ0) is 13.2. The molecule has 1 aliphatic rings. The molecule has 1 amide bonds. The number of carbonyl (C=O) groups is 1. The van der Waals surface area contributed by atoms with Crippen LogP contribution in [0.5, 0.6) is 11.5 Å². The standard InChI is InChI=1S/C12H9N3O4/c16-11-5-13-8(4-14-11)12(17)15-7-1-2-9-10(3-7)19-6-18-9/h1-5H,6H2,(H,14,16)(H,15,17). The summed E-state index contributed by atoms with van der Waals surface area (Å²) in [7, 11) is 0. The highest BCUT2D eigenvalue weighted by Gasteiger charge is 2.15. The second kappa shape index (κ2) is 4.45. The van der Waals surface area contributed by atoms with E-state index in [1.807, 2.05) is 0 Å². The van der Waals surface area contributed by atoms with Gasteiger partial charge in [0.25, 0.3) is 11.5 Å². The number of nitrogens with zero attached hydrogens (tertiary/aromatic N) is 1. The van der Waals surface area contributed by atoms with Crippen molar-refractivity contribution in [3.63, 3.8) is 0 Å². The highest BCUT2D eigenvalue weighted by atomic mass is 16.7. The molecule has 2 aromatic rings. The minimum Gasteiger partial charge on any atom is -0.454 e. The molecule has 7 nitrogen and oxygen atoms in total. The second-order valence-corrected chi connectivity index (χ2v) is 3.82. The number of aromatic amines is 1. The van der Waals surface area contributed by atoms with Crippen molar-refractivity contribution in [2.24, 2.45) is 0 Å². The molecule has 0 atom stereocenters. The number of H-pyrrole nitrogens is 1. The summed E-state index contributed by atoms with van der Waals surface area (Å²) in [6, 6.07) is 5.06. The van der Waals surface area contributed by atoms with Gasteiger partial charge in [-0.25, -0.2) is 4.98 Å². The molecule has 2 heterocycles. The van der Waals surface area contributed by atoms with E-state index in [9.17, 15) is 9.59 Å². The van der Waals surface area contributed by atoms with Crippen LogP contribution in [0.3, 0.4) is 0 Å². The van der Waals surface area contributed by atoms with E-state index >= 15 is 0 Å². The van der Waals surface area contributed by atoms with Crippen molar-refractivity contribution in [2.75, 3.05) is 12.1 Å². The van der Waals surface area contributed by atoms with Crippen LogP contribution in [0, 0.1) is 0 Å². The molecule has 0 spiro atoms. The maximum atomic E-state index is 11.9. The zero-order valence-corrected chi connectivity index (χ0v) is 9.67. The molecule has 0 fully saturated rings. The van der Waals surface area contributed by atoms with E-state index in [1.165, 1.54) is 6.20 Å². The third-order valence-corrected chi connectivity index (χ3v) is 2.54. The number of nitrogens with one attached hydrogen (secondary N) is 2. The van der Waals surface area contributed by atoms with Crippen LogP contribution in [0.25, 0.3) is 0 Å². The molecule has 0 saturated carbocycles. The van der Waals surface area contributed by atoms with Crippen LogP contribution in [-0.2, 0) is 0 Å². The van der Waals surface area contributed by atoms with Gasteiger partial charge in [0.15, 0.2) is 11.5 Å². The monoisotopic (exact) mass is 259 g/mol. The Kier molecular flexibility index (Phi) is 2.64. The Balaban J connectivity index is 1.79. The largest absolute Gasteiger partial charge is 0.454 e. The molecule has 7 heteroatoms. The predicted molar refractivity (Wildman–Crippen MR) is 65.4 cm³/mol. The van der Waals surface area contributed by atoms with E-state index < -0.39 is 5.91 Å². The van der Waals surface area contributed by atoms with E-state index in [2.05, 4.69) is 15.3 Å². The lowest BCUT2D eigenvalue weighted by molar-refractivity contribution is 0.102. The highest BCUT2D eigenvalue weighted by Crippen LogP contribution is 2.34. The third kappa shape index (κ3) is 2.25. The minimum absolute atomic E-state index is 0.122. The van der Waals surface area contributed by atoms with Gasteiger partial charge in [-0.1, -0.05) is 0 Å². The van der Waals surface area contributed by atoms with Crippen molar-refractivity contribution in [1.82, 2.24) is 9.97 Å². The van der Waals surface area contributed by atoms with Crippen LogP contribution >= 0.6 is 0 Å². The molecule has 2 N–H and O–H groups in total. The molecule has 0 saturated heterocycles. The van der Waals surface area contributed by atoms with E-state index in [1.54, 1.807) is 18.2 Å². The summed E-state index contributed by atoms with van der Waals surface area (Å²) >= 11 is 0. The highest BCUT2D eigenvalue weighted by molar-refractivity contribution is 6.02. The lowest BCUT2D eigenvalue weighted by Gasteiger charge is -2.05. The fourth-order valence-corrected chi connectivity index (χ4v) is 1.64. The fraction of sp³-hybridized carbons (Fsp3) is 0.0833. The van der Waals surface area contributed by atoms with E-state index in [0.29, 0.717) is 17.2 Å². The fourth-order valence-electron chi connectivity index (χ4n) is 1.64. The Morgan fingerprint density at radius 1 is 1.32 bits per heavy atom. The Bertz CT molecular complexity index is 675. The average Bonchev–Trinajstić information content (AvgIpc) is 2.87. The van der Waals surface area contributed by atoms with Gasteiger partial charge in [-0.2, -0.15) is 0 Å². The predicted octanol–water partition coefficient (Wildman–Crippen LogP) is 0.751. The van der Waals surface area contributed by atoms with Gasteiger partial charge in [0.2, 0.25) is 6.79 Å². The van der Waals surface area contributed by atoms with Gasteiger partial charge in [0, 0.05) is 18.0 Å². The number of carbonyl (C=O) groups excluding carboxylic acids is 1. The van der Waals surface area contributed by atoms with Gasteiger partial charge >= 0.3 is 0 Å². The first-order valence-corrected chi connectivity index (χ1v) is 5.48. The summed E-state index contributed by atoms with van der Waals surface area (Å²) in [4.78, 5) is 28.8. The van der Waals surface area contributed by atoms with Gasteiger partial charge in [-0.05, 0) is 12.1 Å². The molecule has 1 aromatic heterocycles. The Labute approximate surface area is 107 Å². The van der Waals surface area contributed by atoms with Gasteiger partial charge in [-0.3, -0.25) is 9.59 Å². The Morgan fingerprint density at radius 3 is 2.95 bits per heavy atom. The van der Waals surface area contributed by atoms with Crippen LogP contribution in [0.1, 0.15) is 10.5 Å². The normalized spacial score (nSPS) is 12.2. The number of benzene rings is 1. The number of hydrogen-bond acceptors (Lipinski definition) is 5. The van der Waals surface area contributed by atoms with E-state index in [0.717, 1.165) is 6.20 Å². The van der Waals surface area contributed by atoms with Gasteiger partial charge in [0.1, 0.15) is 5.69 Å². The van der Waals surface area contributed by atoms with Crippen molar-refractivity contribution >= 4 is 11.6 Å². The lowest BCUT2D eigenvalue weighted by atomic mass is 10.2. The van der Waals surface area contributed by atoms with Gasteiger partial charge < -0.3 is 19.8 Å². The summed E-state index contributed by atoms with van der Waals surface area (Å²) in [5.41, 5.74) is 0.319. The SMILES string of the molecule is O=C(Nc1ccc2c(c1)OCO2)c1c[nH]c(=O)cn1. The molecule has 0 bridgehead atoms. The number of ether oxygens (including phenoxy) is 2. The molecule has 19 heavy (non-hydrogen) atoms. The number of anilines is 1. The number of amides is 1. The average molecular weight is 259 g/mol. The number of aromatic nitrogens is 2. The second-order valence-electron chi connectivity index (χ2n) is 3.82. The van der Waals surface area contributed by atoms with Crippen molar-refractivity contribution < 1.29 is 14.3 Å². The molecule has 0 aliphatic carbocycles. The lowest BCUT2D eigenvalue weighted by Crippen LogP contribution is -2.16. The number of fused-ring (bicyclic) bond motifs is 1. The molecule has 1 aromatic carbocycles. The first-order chi connectivity index (χ1) is 9.22. The molecule has 0 unspecified atom stereocenters. The molecular weight excluding hydrogens is 250 g/mol. The summed E-state index contributed by atoms with van der Waals surface area (Å²) in [6.45, 7) is 0.175. The summed E-state index contributed by atoms with van der Waals surface area (Å²) in [6.07, 6.45) is 2.30. The smallest absolute Gasteiger partial charge is 0.275 e. The van der Waals surface area contributed by atoms with Crippen LogP contribution < -0.4 is 20.3 Å². The summed E-state index contributed by atoms with van der Waals surface area (Å²) < 4.78 is 10.4. The summed E-state index contributed by atoms with van der Waals surface area (Å²) in [5.74, 6) is 0.794. The number of hydrogen-bond donors (Lipinski definition) is 2.